The number of nitrogens with zero attached hydrogens (tertiary/aromatic N) is 3. The Morgan fingerprint density at radius 2 is 0.656 bits per heavy atom. The lowest BCUT2D eigenvalue weighted by Crippen LogP contribution is -2.41. The van der Waals surface area contributed by atoms with E-state index in [1.807, 2.05) is 101 Å². The smallest absolute Gasteiger partial charge is 0.124 e. The monoisotopic (exact) mass is 1300 g/mol. The maximum absolute atomic E-state index is 6.89. The van der Waals surface area contributed by atoms with Crippen molar-refractivity contribution in [2.75, 3.05) is 5.23 Å². The van der Waals surface area contributed by atoms with Gasteiger partial charge in [-0.2, -0.15) is 0 Å². The number of halogens is 2. The summed E-state index contributed by atoms with van der Waals surface area (Å²) in [7, 11) is 0. The van der Waals surface area contributed by atoms with Gasteiger partial charge in [0, 0.05) is 39.1 Å². The lowest BCUT2D eigenvalue weighted by atomic mass is 9.90. The van der Waals surface area contributed by atoms with Crippen molar-refractivity contribution in [3.8, 4) is 78.1 Å². The fraction of sp³-hybridized carbons (Fsp3) is 0.213. The molecule has 12 aromatic rings. The number of unbranched alkanes of at least 4 members (excludes halogenated alkanes) is 6. The maximum Gasteiger partial charge on any atom is 0.124 e. The summed E-state index contributed by atoms with van der Waals surface area (Å²) in [4.78, 5) is 20.7. The molecule has 7 heteroatoms. The maximum atomic E-state index is 6.89. The Balaban J connectivity index is 0.000000155. The van der Waals surface area contributed by atoms with Crippen molar-refractivity contribution in [3.63, 3.8) is 0 Å². The summed E-state index contributed by atoms with van der Waals surface area (Å²) >= 11 is 13.2. The molecule has 5 nitrogen and oxygen atoms in total. The molecule has 1 fully saturated rings. The first kappa shape index (κ1) is 68.2. The van der Waals surface area contributed by atoms with E-state index in [0.717, 1.165) is 84.5 Å². The molecule has 0 amide bonds. The molecule has 1 saturated heterocycles. The van der Waals surface area contributed by atoms with Crippen LogP contribution in [0.5, 0.6) is 0 Å². The molecule has 1 aliphatic rings. The molecule has 0 bridgehead atoms. The Bertz CT molecular complexity index is 4410. The first-order valence-corrected chi connectivity index (χ1v) is 34.8. The molecule has 1 aliphatic heterocycles. The van der Waals surface area contributed by atoms with Gasteiger partial charge in [0.25, 0.3) is 0 Å². The number of benzene rings is 10. The highest BCUT2D eigenvalue weighted by Gasteiger charge is 2.50. The second kappa shape index (κ2) is 33.5. The largest absolute Gasteiger partial charge is 0.256 e. The van der Waals surface area contributed by atoms with E-state index in [0.29, 0.717) is 0 Å². The van der Waals surface area contributed by atoms with Crippen molar-refractivity contribution in [2.45, 2.75) is 123 Å². The number of rotatable bonds is 22. The second-order valence-corrected chi connectivity index (χ2v) is 26.9. The van der Waals surface area contributed by atoms with Gasteiger partial charge in [0.2, 0.25) is 0 Å². The Morgan fingerprint density at radius 3 is 1.10 bits per heavy atom. The van der Waals surface area contributed by atoms with Crippen LogP contribution in [0.3, 0.4) is 0 Å². The summed E-state index contributed by atoms with van der Waals surface area (Å²) in [5.41, 5.74) is 22.7. The molecule has 484 valence electrons. The highest BCUT2D eigenvalue weighted by molar-refractivity contribution is 6.33. The second-order valence-electron chi connectivity index (χ2n) is 26.0. The minimum absolute atomic E-state index is 0.395. The molecule has 0 atom stereocenters. The predicted octanol–water partition coefficient (Wildman–Crippen LogP) is 25.1. The zero-order valence-electron chi connectivity index (χ0n) is 56.1. The third-order valence-corrected chi connectivity index (χ3v) is 19.0. The quantitative estimate of drug-likeness (QED) is 0.0633. The van der Waals surface area contributed by atoms with Gasteiger partial charge in [0.1, 0.15) is 11.2 Å². The van der Waals surface area contributed by atoms with Gasteiger partial charge in [-0.05, 0) is 231 Å². The SMILES string of the molecule is CC1(C)ON(c2cccc(-c3ccccn3)c2)OC1(C)C.Cc1ccc(-c2cccc(-c3cccc(CCCCCCc4ccccc4)c3)c2)cc1Cl.Clc1cc(-c2cccc(-c3cccc(CCCCCCc4ccccc4)c3)c2)ccc1-c1cccc(-c2ccccn2)c1. The number of pyridine rings is 2. The van der Waals surface area contributed by atoms with Crippen LogP contribution in [0.4, 0.5) is 5.69 Å². The molecular formula is C89H87Cl2N3O2. The van der Waals surface area contributed by atoms with E-state index in [-0.39, 0.29) is 0 Å². The van der Waals surface area contributed by atoms with Crippen LogP contribution >= 0.6 is 23.2 Å². The van der Waals surface area contributed by atoms with Crippen LogP contribution in [0.2, 0.25) is 10.0 Å². The summed E-state index contributed by atoms with van der Waals surface area (Å²) in [6, 6.07) is 98.1. The van der Waals surface area contributed by atoms with Crippen LogP contribution < -0.4 is 5.23 Å². The fourth-order valence-electron chi connectivity index (χ4n) is 12.0. The van der Waals surface area contributed by atoms with Gasteiger partial charge in [0.15, 0.2) is 0 Å². The Labute approximate surface area is 580 Å². The molecular weight excluding hydrogens is 1210 g/mol. The van der Waals surface area contributed by atoms with Crippen LogP contribution in [-0.4, -0.2) is 21.2 Å². The van der Waals surface area contributed by atoms with Gasteiger partial charge in [-0.25, -0.2) is 9.68 Å². The van der Waals surface area contributed by atoms with Crippen molar-refractivity contribution in [2.24, 2.45) is 0 Å². The van der Waals surface area contributed by atoms with E-state index in [9.17, 15) is 0 Å². The number of hydrogen-bond acceptors (Lipinski definition) is 5. The number of anilines is 1. The van der Waals surface area contributed by atoms with Gasteiger partial charge < -0.3 is 0 Å². The molecule has 13 rings (SSSR count). The van der Waals surface area contributed by atoms with E-state index in [1.165, 1.54) is 120 Å². The molecule has 0 spiro atoms. The molecule has 96 heavy (non-hydrogen) atoms. The van der Waals surface area contributed by atoms with Crippen molar-refractivity contribution in [3.05, 3.63) is 329 Å². The number of aromatic nitrogens is 2. The van der Waals surface area contributed by atoms with Crippen molar-refractivity contribution in [1.82, 2.24) is 9.97 Å². The van der Waals surface area contributed by atoms with Crippen LogP contribution in [0, 0.1) is 6.92 Å². The topological polar surface area (TPSA) is 47.5 Å². The fourth-order valence-corrected chi connectivity index (χ4v) is 12.5. The molecule has 3 heterocycles. The normalized spacial score (nSPS) is 12.9. The molecule has 0 unspecified atom stereocenters. The summed E-state index contributed by atoms with van der Waals surface area (Å²) in [6.45, 7) is 10.1. The highest BCUT2D eigenvalue weighted by atomic mass is 35.5. The lowest BCUT2D eigenvalue weighted by molar-refractivity contribution is -0.0272. The molecule has 0 radical (unpaired) electrons. The standard InChI is InChI=1S/C41H36ClN.C31H31Cl.C17H20N2O2/c42-40-30-36(24-25-39(40)37-21-12-22-38(29-37)41-23-8-9-26-43-41)35-20-11-19-34(28-35)33-18-10-17-32(27-33)16-5-2-1-4-13-31-14-6-3-7-15-31;1-24-19-20-30(23-31(24)32)29-18-10-17-28(22-29)27-16-9-15-26(21-27)14-6-3-2-5-11-25-12-7-4-8-13-25;1-16(2)17(3,4)21-19(20-16)14-9-7-8-13(12-14)15-10-5-6-11-18-15/h3,6-12,14-15,17-30H,1-2,4-5,13,16H2;4,7-10,12-13,15-23H,2-3,5-6,11,14H2,1H3;5-12H,1-4H3. The Morgan fingerprint density at radius 1 is 0.302 bits per heavy atom. The predicted molar refractivity (Wildman–Crippen MR) is 405 cm³/mol. The lowest BCUT2D eigenvalue weighted by Gasteiger charge is -2.26. The summed E-state index contributed by atoms with van der Waals surface area (Å²) < 4.78 is 0. The third kappa shape index (κ3) is 18.8. The Hall–Kier alpha value is -9.20. The van der Waals surface area contributed by atoms with E-state index in [4.69, 9.17) is 32.9 Å². The van der Waals surface area contributed by atoms with Gasteiger partial charge >= 0.3 is 0 Å². The average Bonchev–Trinajstić information content (AvgIpc) is 1.64. The summed E-state index contributed by atoms with van der Waals surface area (Å²) in [5.74, 6) is 0. The highest BCUT2D eigenvalue weighted by Crippen LogP contribution is 2.41. The molecule has 10 aromatic carbocycles. The van der Waals surface area contributed by atoms with Gasteiger partial charge in [-0.3, -0.25) is 9.97 Å². The zero-order chi connectivity index (χ0) is 66.5. The molecule has 2 aromatic heterocycles. The van der Waals surface area contributed by atoms with Crippen molar-refractivity contribution in [1.29, 1.82) is 0 Å². The van der Waals surface area contributed by atoms with Crippen molar-refractivity contribution < 1.29 is 9.68 Å². The van der Waals surface area contributed by atoms with Gasteiger partial charge in [-0.15, -0.1) is 5.23 Å². The van der Waals surface area contributed by atoms with E-state index in [2.05, 4.69) is 228 Å². The van der Waals surface area contributed by atoms with Gasteiger partial charge in [0.05, 0.1) is 17.1 Å². The van der Waals surface area contributed by atoms with Gasteiger partial charge in [-0.1, -0.05) is 261 Å². The van der Waals surface area contributed by atoms with Crippen LogP contribution in [0.25, 0.3) is 78.1 Å². The van der Waals surface area contributed by atoms with Crippen LogP contribution in [0.15, 0.2) is 291 Å². The minimum atomic E-state index is -0.395. The van der Waals surface area contributed by atoms with E-state index < -0.39 is 11.2 Å². The first-order valence-electron chi connectivity index (χ1n) is 34.1. The first-order chi connectivity index (χ1) is 46.8. The summed E-state index contributed by atoms with van der Waals surface area (Å²) in [6.07, 6.45) is 18.4. The van der Waals surface area contributed by atoms with Crippen molar-refractivity contribution >= 4 is 28.9 Å². The molecule has 0 saturated carbocycles. The molecule has 0 aliphatic carbocycles. The van der Waals surface area contributed by atoms with Crippen LogP contribution in [0.1, 0.15) is 107 Å². The number of aryl methyl sites for hydroxylation is 5. The average molecular weight is 1300 g/mol. The number of hydrogen-bond donors (Lipinski definition) is 0. The Kier molecular flexibility index (Phi) is 23.8. The van der Waals surface area contributed by atoms with Crippen LogP contribution in [-0.2, 0) is 35.4 Å². The minimum Gasteiger partial charge on any atom is -0.256 e. The summed E-state index contributed by atoms with van der Waals surface area (Å²) in [5, 5.41) is 3.07. The van der Waals surface area contributed by atoms with E-state index in [1.54, 1.807) is 6.20 Å². The molecule has 0 N–H and O–H groups in total. The zero-order valence-corrected chi connectivity index (χ0v) is 57.6. The van der Waals surface area contributed by atoms with E-state index >= 15 is 0 Å². The third-order valence-electron chi connectivity index (χ3n) is 18.3.